The molecule has 4 nitrogen and oxygen atoms in total. The maximum absolute atomic E-state index is 11.8. The van der Waals surface area contributed by atoms with E-state index in [9.17, 15) is 8.42 Å². The standard InChI is InChI=1S/C11H11BrO4S/c12-10-1-3-11(4-2-10)17(13,14)16-8-9-5-6-15-7-9/h1-4,8H,5-7H2. The van der Waals surface area contributed by atoms with Crippen LogP contribution in [0.5, 0.6) is 0 Å². The molecule has 0 N–H and O–H groups in total. The number of halogens is 1. The molecule has 0 bridgehead atoms. The fourth-order valence-electron chi connectivity index (χ4n) is 1.36. The van der Waals surface area contributed by atoms with Crippen LogP contribution >= 0.6 is 15.9 Å². The molecule has 17 heavy (non-hydrogen) atoms. The molecule has 1 saturated heterocycles. The minimum absolute atomic E-state index is 0.136. The van der Waals surface area contributed by atoms with E-state index in [1.807, 2.05) is 0 Å². The average molecular weight is 319 g/mol. The SMILES string of the molecule is O=S(=O)(OC=C1CCOC1)c1ccc(Br)cc1. The Morgan fingerprint density at radius 2 is 2.00 bits per heavy atom. The summed E-state index contributed by atoms with van der Waals surface area (Å²) >= 11 is 3.24. The molecule has 0 radical (unpaired) electrons. The zero-order chi connectivity index (χ0) is 12.3. The highest BCUT2D eigenvalue weighted by molar-refractivity contribution is 9.10. The van der Waals surface area contributed by atoms with Crippen LogP contribution < -0.4 is 0 Å². The van der Waals surface area contributed by atoms with Gasteiger partial charge in [0.25, 0.3) is 0 Å². The van der Waals surface area contributed by atoms with E-state index in [1.54, 1.807) is 12.1 Å². The van der Waals surface area contributed by atoms with E-state index < -0.39 is 10.1 Å². The normalized spacial score (nSPS) is 18.5. The third-order valence-corrected chi connectivity index (χ3v) is 4.03. The first-order chi connectivity index (χ1) is 8.08. The molecule has 0 unspecified atom stereocenters. The summed E-state index contributed by atoms with van der Waals surface area (Å²) in [5, 5.41) is 0. The van der Waals surface area contributed by atoms with Crippen molar-refractivity contribution in [2.45, 2.75) is 11.3 Å². The van der Waals surface area contributed by atoms with Crippen molar-refractivity contribution in [3.8, 4) is 0 Å². The minimum atomic E-state index is -3.72. The van der Waals surface area contributed by atoms with E-state index in [1.165, 1.54) is 18.4 Å². The van der Waals surface area contributed by atoms with E-state index in [-0.39, 0.29) is 4.90 Å². The van der Waals surface area contributed by atoms with Gasteiger partial charge >= 0.3 is 10.1 Å². The Balaban J connectivity index is 2.13. The van der Waals surface area contributed by atoms with Crippen molar-refractivity contribution in [1.29, 1.82) is 0 Å². The molecule has 1 aromatic rings. The number of rotatable bonds is 3. The van der Waals surface area contributed by atoms with Gasteiger partial charge in [-0.3, -0.25) is 0 Å². The molecule has 0 aromatic heterocycles. The van der Waals surface area contributed by atoms with E-state index in [0.29, 0.717) is 13.2 Å². The van der Waals surface area contributed by atoms with Gasteiger partial charge in [0.1, 0.15) is 11.2 Å². The molecule has 1 aliphatic rings. The molecule has 1 heterocycles. The predicted octanol–water partition coefficient (Wildman–Crippen LogP) is 2.46. The first-order valence-electron chi connectivity index (χ1n) is 5.02. The van der Waals surface area contributed by atoms with Crippen LogP contribution in [-0.4, -0.2) is 21.6 Å². The number of hydrogen-bond acceptors (Lipinski definition) is 4. The highest BCUT2D eigenvalue weighted by Crippen LogP contribution is 2.18. The van der Waals surface area contributed by atoms with Crippen molar-refractivity contribution in [3.63, 3.8) is 0 Å². The summed E-state index contributed by atoms with van der Waals surface area (Å²) in [5.41, 5.74) is 0.852. The lowest BCUT2D eigenvalue weighted by Gasteiger charge is -2.03. The van der Waals surface area contributed by atoms with Crippen molar-refractivity contribution in [3.05, 3.63) is 40.6 Å². The summed E-state index contributed by atoms with van der Waals surface area (Å²) in [5.74, 6) is 0. The molecule has 0 atom stereocenters. The largest absolute Gasteiger partial charge is 0.387 e. The summed E-state index contributed by atoms with van der Waals surface area (Å²) in [6.45, 7) is 1.06. The van der Waals surface area contributed by atoms with Crippen molar-refractivity contribution in [2.24, 2.45) is 0 Å². The van der Waals surface area contributed by atoms with E-state index >= 15 is 0 Å². The first kappa shape index (κ1) is 12.6. The second-order valence-corrected chi connectivity index (χ2v) is 6.07. The van der Waals surface area contributed by atoms with Gasteiger partial charge in [0.05, 0.1) is 13.2 Å². The topological polar surface area (TPSA) is 52.6 Å². The van der Waals surface area contributed by atoms with Crippen LogP contribution in [0.1, 0.15) is 6.42 Å². The van der Waals surface area contributed by atoms with Crippen molar-refractivity contribution in [2.75, 3.05) is 13.2 Å². The molecule has 0 aliphatic carbocycles. The minimum Gasteiger partial charge on any atom is -0.387 e. The smallest absolute Gasteiger partial charge is 0.338 e. The molecule has 6 heteroatoms. The van der Waals surface area contributed by atoms with E-state index in [0.717, 1.165) is 16.5 Å². The van der Waals surface area contributed by atoms with Gasteiger partial charge in [-0.05, 0) is 36.3 Å². The van der Waals surface area contributed by atoms with Crippen LogP contribution in [0.15, 0.2) is 45.5 Å². The molecule has 0 amide bonds. The molecule has 0 spiro atoms. The van der Waals surface area contributed by atoms with Gasteiger partial charge < -0.3 is 8.92 Å². The van der Waals surface area contributed by atoms with Gasteiger partial charge in [-0.2, -0.15) is 8.42 Å². The summed E-state index contributed by atoms with van der Waals surface area (Å²) in [6.07, 6.45) is 1.99. The van der Waals surface area contributed by atoms with E-state index in [2.05, 4.69) is 15.9 Å². The summed E-state index contributed by atoms with van der Waals surface area (Å²) in [7, 11) is -3.72. The Labute approximate surface area is 108 Å². The summed E-state index contributed by atoms with van der Waals surface area (Å²) in [6, 6.07) is 6.29. The van der Waals surface area contributed by atoms with Crippen LogP contribution in [0.2, 0.25) is 0 Å². The van der Waals surface area contributed by atoms with Gasteiger partial charge in [-0.1, -0.05) is 15.9 Å². The second-order valence-electron chi connectivity index (χ2n) is 3.58. The number of ether oxygens (including phenoxy) is 1. The Morgan fingerprint density at radius 1 is 1.29 bits per heavy atom. The zero-order valence-corrected chi connectivity index (χ0v) is 11.3. The third-order valence-electron chi connectivity index (χ3n) is 2.30. The maximum Gasteiger partial charge on any atom is 0.338 e. The van der Waals surface area contributed by atoms with Crippen LogP contribution in [0.3, 0.4) is 0 Å². The molecule has 1 fully saturated rings. The van der Waals surface area contributed by atoms with Gasteiger partial charge in [-0.15, -0.1) is 0 Å². The van der Waals surface area contributed by atoms with Crippen molar-refractivity contribution >= 4 is 26.0 Å². The van der Waals surface area contributed by atoms with Crippen LogP contribution in [-0.2, 0) is 19.0 Å². The van der Waals surface area contributed by atoms with E-state index in [4.69, 9.17) is 8.92 Å². The third kappa shape index (κ3) is 3.31. The summed E-state index contributed by atoms with van der Waals surface area (Å²) in [4.78, 5) is 0.136. The Morgan fingerprint density at radius 3 is 2.59 bits per heavy atom. The van der Waals surface area contributed by atoms with Crippen molar-refractivity contribution in [1.82, 2.24) is 0 Å². The second kappa shape index (κ2) is 5.20. The highest BCUT2D eigenvalue weighted by atomic mass is 79.9. The Hall–Kier alpha value is -0.850. The Bertz CT molecular complexity index is 511. The lowest BCUT2D eigenvalue weighted by Crippen LogP contribution is -2.02. The van der Waals surface area contributed by atoms with Crippen molar-refractivity contribution < 1.29 is 17.3 Å². The fraction of sp³-hybridized carbons (Fsp3) is 0.273. The van der Waals surface area contributed by atoms with Gasteiger partial charge in [0.15, 0.2) is 0 Å². The predicted molar refractivity (Wildman–Crippen MR) is 65.9 cm³/mol. The summed E-state index contributed by atoms with van der Waals surface area (Å²) < 4.78 is 34.3. The lowest BCUT2D eigenvalue weighted by atomic mass is 10.3. The maximum atomic E-state index is 11.8. The first-order valence-corrected chi connectivity index (χ1v) is 7.22. The van der Waals surface area contributed by atoms with Gasteiger partial charge in [0.2, 0.25) is 0 Å². The molecular weight excluding hydrogens is 308 g/mol. The monoisotopic (exact) mass is 318 g/mol. The lowest BCUT2D eigenvalue weighted by molar-refractivity contribution is 0.204. The van der Waals surface area contributed by atoms with Crippen LogP contribution in [0.25, 0.3) is 0 Å². The number of benzene rings is 1. The quantitative estimate of drug-likeness (QED) is 0.634. The van der Waals surface area contributed by atoms with Gasteiger partial charge in [-0.25, -0.2) is 0 Å². The van der Waals surface area contributed by atoms with Crippen LogP contribution in [0.4, 0.5) is 0 Å². The fourth-order valence-corrected chi connectivity index (χ4v) is 2.47. The van der Waals surface area contributed by atoms with Crippen LogP contribution in [0, 0.1) is 0 Å². The van der Waals surface area contributed by atoms with Gasteiger partial charge in [0, 0.05) is 4.47 Å². The number of hydrogen-bond donors (Lipinski definition) is 0. The average Bonchev–Trinajstić information content (AvgIpc) is 2.80. The molecule has 0 saturated carbocycles. The molecule has 1 aliphatic heterocycles. The zero-order valence-electron chi connectivity index (χ0n) is 8.93. The highest BCUT2D eigenvalue weighted by Gasteiger charge is 2.15. The molecule has 92 valence electrons. The molecular formula is C11H11BrO4S. The molecule has 2 rings (SSSR count). The molecule has 1 aromatic carbocycles. The Kier molecular flexibility index (Phi) is 3.86.